The van der Waals surface area contributed by atoms with E-state index in [-0.39, 0.29) is 5.97 Å². The number of cyclic esters (lactones) is 1. The fourth-order valence-corrected chi connectivity index (χ4v) is 2.40. The van der Waals surface area contributed by atoms with Crippen molar-refractivity contribution < 1.29 is 9.53 Å². The monoisotopic (exact) mass is 296 g/mol. The van der Waals surface area contributed by atoms with Crippen molar-refractivity contribution in [3.8, 4) is 0 Å². The average Bonchev–Trinajstić information content (AvgIpc) is 2.80. The van der Waals surface area contributed by atoms with Gasteiger partial charge in [-0.3, -0.25) is 0 Å². The summed E-state index contributed by atoms with van der Waals surface area (Å²) in [7, 11) is 0. The predicted molar refractivity (Wildman–Crippen MR) is 83.8 cm³/mol. The van der Waals surface area contributed by atoms with Crippen LogP contribution in [0, 0.1) is 0 Å². The molecule has 1 heterocycles. The summed E-state index contributed by atoms with van der Waals surface area (Å²) < 4.78 is 5.28. The summed E-state index contributed by atoms with van der Waals surface area (Å²) in [5.74, 6) is 0.264. The minimum atomic E-state index is -0.285. The van der Waals surface area contributed by atoms with Crippen molar-refractivity contribution in [2.45, 2.75) is 6.42 Å². The summed E-state index contributed by atoms with van der Waals surface area (Å²) in [6.07, 6.45) is 4.17. The molecule has 0 spiro atoms. The first-order valence-corrected chi connectivity index (χ1v) is 7.02. The van der Waals surface area contributed by atoms with Crippen LogP contribution in [0.5, 0.6) is 0 Å². The van der Waals surface area contributed by atoms with E-state index in [0.29, 0.717) is 22.8 Å². The Labute approximate surface area is 128 Å². The first-order valence-electron chi connectivity index (χ1n) is 6.65. The predicted octanol–water partition coefficient (Wildman–Crippen LogP) is 4.41. The lowest BCUT2D eigenvalue weighted by molar-refractivity contribution is -0.133. The van der Waals surface area contributed by atoms with Crippen molar-refractivity contribution in [1.82, 2.24) is 0 Å². The van der Waals surface area contributed by atoms with Gasteiger partial charge < -0.3 is 4.74 Å². The molecule has 0 atom stereocenters. The van der Waals surface area contributed by atoms with E-state index in [1.807, 2.05) is 54.6 Å². The van der Waals surface area contributed by atoms with E-state index in [1.165, 1.54) is 0 Å². The Morgan fingerprint density at radius 3 is 2.62 bits per heavy atom. The summed E-state index contributed by atoms with van der Waals surface area (Å²) in [6, 6.07) is 17.3. The van der Waals surface area contributed by atoms with Gasteiger partial charge in [0.1, 0.15) is 5.76 Å². The molecule has 0 unspecified atom stereocenters. The molecule has 0 amide bonds. The largest absolute Gasteiger partial charge is 0.423 e. The minimum absolute atomic E-state index is 0.285. The molecule has 3 heteroatoms. The van der Waals surface area contributed by atoms with Crippen molar-refractivity contribution in [1.29, 1.82) is 0 Å². The normalized spacial score (nSPS) is 16.0. The van der Waals surface area contributed by atoms with E-state index >= 15 is 0 Å². The summed E-state index contributed by atoms with van der Waals surface area (Å²) in [4.78, 5) is 11.9. The number of halogens is 1. The van der Waals surface area contributed by atoms with Crippen LogP contribution in [0.2, 0.25) is 5.02 Å². The van der Waals surface area contributed by atoms with E-state index in [1.54, 1.807) is 12.1 Å². The maximum absolute atomic E-state index is 11.9. The molecule has 0 aromatic heterocycles. The van der Waals surface area contributed by atoms with E-state index in [4.69, 9.17) is 16.3 Å². The molecule has 0 N–H and O–H groups in total. The SMILES string of the molecule is O=C1O/C(=C\c2cccc(Cl)c2)C=C1Cc1ccccc1. The van der Waals surface area contributed by atoms with Crippen molar-refractivity contribution >= 4 is 23.6 Å². The molecule has 0 saturated heterocycles. The highest BCUT2D eigenvalue weighted by Gasteiger charge is 2.21. The fourth-order valence-electron chi connectivity index (χ4n) is 2.20. The Balaban J connectivity index is 1.82. The topological polar surface area (TPSA) is 26.3 Å². The zero-order valence-electron chi connectivity index (χ0n) is 11.3. The van der Waals surface area contributed by atoms with Crippen LogP contribution in [-0.4, -0.2) is 5.97 Å². The number of carbonyl (C=O) groups excluding carboxylic acids is 1. The highest BCUT2D eigenvalue weighted by atomic mass is 35.5. The second-order valence-electron chi connectivity index (χ2n) is 4.82. The molecule has 0 aliphatic carbocycles. The van der Waals surface area contributed by atoms with Crippen LogP contribution >= 0.6 is 11.6 Å². The number of carbonyl (C=O) groups is 1. The van der Waals surface area contributed by atoms with Gasteiger partial charge in [0.15, 0.2) is 0 Å². The van der Waals surface area contributed by atoms with Crippen molar-refractivity contribution in [2.75, 3.05) is 0 Å². The van der Waals surface area contributed by atoms with Gasteiger partial charge in [-0.25, -0.2) is 4.79 Å². The van der Waals surface area contributed by atoms with Crippen LogP contribution in [0.1, 0.15) is 11.1 Å². The smallest absolute Gasteiger partial charge is 0.339 e. The van der Waals surface area contributed by atoms with Gasteiger partial charge in [-0.2, -0.15) is 0 Å². The maximum Gasteiger partial charge on any atom is 0.339 e. The third-order valence-electron chi connectivity index (χ3n) is 3.18. The molecule has 0 bridgehead atoms. The molecule has 21 heavy (non-hydrogen) atoms. The van der Waals surface area contributed by atoms with Gasteiger partial charge >= 0.3 is 5.97 Å². The second kappa shape index (κ2) is 5.98. The molecule has 2 aromatic rings. The minimum Gasteiger partial charge on any atom is -0.423 e. The summed E-state index contributed by atoms with van der Waals surface area (Å²) in [5.41, 5.74) is 2.65. The molecule has 1 aliphatic heterocycles. The Kier molecular flexibility index (Phi) is 3.89. The second-order valence-corrected chi connectivity index (χ2v) is 5.26. The van der Waals surface area contributed by atoms with Crippen LogP contribution in [-0.2, 0) is 16.0 Å². The third kappa shape index (κ3) is 3.41. The number of ether oxygens (including phenoxy) is 1. The first-order chi connectivity index (χ1) is 10.2. The summed E-state index contributed by atoms with van der Waals surface area (Å²) in [5, 5.41) is 0.655. The van der Waals surface area contributed by atoms with Crippen molar-refractivity contribution in [2.24, 2.45) is 0 Å². The Morgan fingerprint density at radius 2 is 1.86 bits per heavy atom. The zero-order valence-corrected chi connectivity index (χ0v) is 12.0. The van der Waals surface area contributed by atoms with E-state index in [9.17, 15) is 4.79 Å². The standard InChI is InChI=1S/C18H13ClO2/c19-16-8-4-7-14(10-16)11-17-12-15(18(20)21-17)9-13-5-2-1-3-6-13/h1-8,10-12H,9H2/b17-11-. The molecule has 3 rings (SSSR count). The molecule has 0 saturated carbocycles. The molecule has 104 valence electrons. The molecule has 1 aliphatic rings. The number of benzene rings is 2. The first kappa shape index (κ1) is 13.7. The van der Waals surface area contributed by atoms with Crippen LogP contribution < -0.4 is 0 Å². The molecule has 0 radical (unpaired) electrons. The molecule has 2 aromatic carbocycles. The van der Waals surface area contributed by atoms with Gasteiger partial charge in [-0.15, -0.1) is 0 Å². The number of allylic oxidation sites excluding steroid dienone is 1. The van der Waals surface area contributed by atoms with E-state index in [0.717, 1.165) is 11.1 Å². The van der Waals surface area contributed by atoms with Crippen molar-refractivity contribution in [3.63, 3.8) is 0 Å². The quantitative estimate of drug-likeness (QED) is 0.784. The number of hydrogen-bond acceptors (Lipinski definition) is 2. The third-order valence-corrected chi connectivity index (χ3v) is 3.42. The maximum atomic E-state index is 11.9. The highest BCUT2D eigenvalue weighted by molar-refractivity contribution is 6.30. The fraction of sp³-hybridized carbons (Fsp3) is 0.0556. The number of rotatable bonds is 3. The molecule has 2 nitrogen and oxygen atoms in total. The Bertz CT molecular complexity index is 730. The van der Waals surface area contributed by atoms with Gasteiger partial charge in [0, 0.05) is 17.0 Å². The van der Waals surface area contributed by atoms with Crippen LogP contribution in [0.4, 0.5) is 0 Å². The zero-order chi connectivity index (χ0) is 14.7. The Morgan fingerprint density at radius 1 is 1.05 bits per heavy atom. The molecular formula is C18H13ClO2. The van der Waals surface area contributed by atoms with Gasteiger partial charge in [0.2, 0.25) is 0 Å². The molecular weight excluding hydrogens is 284 g/mol. The summed E-state index contributed by atoms with van der Waals surface area (Å²) in [6.45, 7) is 0. The lowest BCUT2D eigenvalue weighted by Gasteiger charge is -1.99. The molecule has 0 fully saturated rings. The van der Waals surface area contributed by atoms with E-state index < -0.39 is 0 Å². The lowest BCUT2D eigenvalue weighted by Crippen LogP contribution is -2.01. The van der Waals surface area contributed by atoms with Crippen LogP contribution in [0.15, 0.2) is 72.0 Å². The van der Waals surface area contributed by atoms with Crippen LogP contribution in [0.25, 0.3) is 6.08 Å². The van der Waals surface area contributed by atoms with E-state index in [2.05, 4.69) is 0 Å². The Hall–Kier alpha value is -2.32. The van der Waals surface area contributed by atoms with Gasteiger partial charge in [-0.1, -0.05) is 54.1 Å². The van der Waals surface area contributed by atoms with Gasteiger partial charge in [0.25, 0.3) is 0 Å². The number of esters is 1. The summed E-state index contributed by atoms with van der Waals surface area (Å²) >= 11 is 5.94. The lowest BCUT2D eigenvalue weighted by atomic mass is 10.1. The van der Waals surface area contributed by atoms with Crippen LogP contribution in [0.3, 0.4) is 0 Å². The van der Waals surface area contributed by atoms with Gasteiger partial charge in [0.05, 0.1) is 0 Å². The number of hydrogen-bond donors (Lipinski definition) is 0. The highest BCUT2D eigenvalue weighted by Crippen LogP contribution is 2.23. The average molecular weight is 297 g/mol. The van der Waals surface area contributed by atoms with Gasteiger partial charge in [-0.05, 0) is 35.4 Å². The van der Waals surface area contributed by atoms with Crippen molar-refractivity contribution in [3.05, 3.63) is 88.2 Å².